The van der Waals surface area contributed by atoms with Gasteiger partial charge < -0.3 is 39.0 Å². The number of amides is 4. The third-order valence-corrected chi connectivity index (χ3v) is 8.12. The monoisotopic (exact) mass is 646 g/mol. The molecule has 3 atom stereocenters. The number of fused-ring (bicyclic) bond motifs is 1. The Kier molecular flexibility index (Phi) is 12.4. The van der Waals surface area contributed by atoms with Crippen LogP contribution in [0.5, 0.6) is 5.75 Å². The number of benzene rings is 1. The molecule has 0 aliphatic carbocycles. The first-order valence-corrected chi connectivity index (χ1v) is 16.0. The van der Waals surface area contributed by atoms with Crippen molar-refractivity contribution in [3.63, 3.8) is 0 Å². The fourth-order valence-corrected chi connectivity index (χ4v) is 5.74. The second-order valence-corrected chi connectivity index (χ2v) is 12.7. The van der Waals surface area contributed by atoms with Crippen LogP contribution in [0.3, 0.4) is 0 Å². The van der Waals surface area contributed by atoms with E-state index in [1.54, 1.807) is 44.7 Å². The molecule has 0 saturated carbocycles. The highest BCUT2D eigenvalue weighted by molar-refractivity contribution is 6.05. The lowest BCUT2D eigenvalue weighted by molar-refractivity contribution is -0.170. The smallest absolute Gasteiger partial charge is 0.412 e. The van der Waals surface area contributed by atoms with Crippen LogP contribution in [0.4, 0.5) is 10.5 Å². The summed E-state index contributed by atoms with van der Waals surface area (Å²) in [7, 11) is 1.49. The van der Waals surface area contributed by atoms with Crippen LogP contribution in [-0.4, -0.2) is 103 Å². The van der Waals surface area contributed by atoms with Gasteiger partial charge in [0.25, 0.3) is 11.8 Å². The van der Waals surface area contributed by atoms with Gasteiger partial charge in [0.15, 0.2) is 0 Å². The van der Waals surface area contributed by atoms with E-state index in [0.29, 0.717) is 48.4 Å². The number of nitrogens with one attached hydrogen (secondary N) is 1. The Labute approximate surface area is 271 Å². The predicted molar refractivity (Wildman–Crippen MR) is 171 cm³/mol. The molecule has 13 nitrogen and oxygen atoms in total. The number of ether oxygens (including phenoxy) is 4. The van der Waals surface area contributed by atoms with E-state index in [1.165, 1.54) is 23.8 Å². The number of methoxy groups -OCH3 is 1. The van der Waals surface area contributed by atoms with Crippen molar-refractivity contribution in [2.75, 3.05) is 44.8 Å². The van der Waals surface area contributed by atoms with Gasteiger partial charge in [0.2, 0.25) is 17.8 Å². The van der Waals surface area contributed by atoms with Crippen molar-refractivity contribution >= 4 is 35.5 Å². The number of hydrogen-bond donors (Lipinski definition) is 1. The van der Waals surface area contributed by atoms with Gasteiger partial charge in [-0.3, -0.25) is 19.2 Å². The van der Waals surface area contributed by atoms with Crippen LogP contribution >= 0.6 is 0 Å². The van der Waals surface area contributed by atoms with Crippen molar-refractivity contribution in [3.05, 3.63) is 23.3 Å². The molecule has 46 heavy (non-hydrogen) atoms. The fourth-order valence-electron chi connectivity index (χ4n) is 5.74. The van der Waals surface area contributed by atoms with Gasteiger partial charge in [0.05, 0.1) is 24.3 Å². The third-order valence-electron chi connectivity index (χ3n) is 8.12. The summed E-state index contributed by atoms with van der Waals surface area (Å²) in [5.74, 6) is -1.11. The highest BCUT2D eigenvalue weighted by Gasteiger charge is 2.45. The summed E-state index contributed by atoms with van der Waals surface area (Å²) in [5, 5.41) is 2.81. The number of esters is 1. The first-order chi connectivity index (χ1) is 21.6. The Morgan fingerprint density at radius 3 is 2.43 bits per heavy atom. The molecule has 2 aliphatic rings. The first-order valence-electron chi connectivity index (χ1n) is 16.0. The van der Waals surface area contributed by atoms with Crippen molar-refractivity contribution in [2.45, 2.75) is 98.6 Å². The van der Waals surface area contributed by atoms with Crippen molar-refractivity contribution in [3.8, 4) is 5.75 Å². The van der Waals surface area contributed by atoms with Gasteiger partial charge in [-0.15, -0.1) is 0 Å². The minimum absolute atomic E-state index is 0.0174. The molecule has 1 unspecified atom stereocenters. The van der Waals surface area contributed by atoms with Crippen LogP contribution in [0.2, 0.25) is 0 Å². The van der Waals surface area contributed by atoms with Crippen LogP contribution in [0.25, 0.3) is 0 Å². The average Bonchev–Trinajstić information content (AvgIpc) is 2.98. The van der Waals surface area contributed by atoms with Crippen LogP contribution in [0, 0.1) is 12.8 Å². The minimum atomic E-state index is -1.29. The highest BCUT2D eigenvalue weighted by Crippen LogP contribution is 2.40. The zero-order chi connectivity index (χ0) is 34.3. The highest BCUT2D eigenvalue weighted by atomic mass is 16.7. The molecule has 1 N–H and O–H groups in total. The topological polar surface area (TPSA) is 144 Å². The molecule has 2 heterocycles. The van der Waals surface area contributed by atoms with Gasteiger partial charge in [-0.1, -0.05) is 20.8 Å². The molecule has 3 rings (SSSR count). The predicted octanol–water partition coefficient (Wildman–Crippen LogP) is 3.65. The quantitative estimate of drug-likeness (QED) is 0.266. The van der Waals surface area contributed by atoms with Crippen LogP contribution in [0.1, 0.15) is 83.7 Å². The van der Waals surface area contributed by atoms with Gasteiger partial charge in [0, 0.05) is 58.2 Å². The summed E-state index contributed by atoms with van der Waals surface area (Å²) in [6, 6.07) is 2.91. The molecule has 256 valence electrons. The molecular weight excluding hydrogens is 596 g/mol. The van der Waals surface area contributed by atoms with Gasteiger partial charge in [-0.25, -0.2) is 4.79 Å². The molecule has 0 radical (unpaired) electrons. The lowest BCUT2D eigenvalue weighted by Gasteiger charge is -2.42. The number of likely N-dealkylation sites (tertiary alicyclic amines) is 1. The summed E-state index contributed by atoms with van der Waals surface area (Å²) in [6.45, 7) is 15.1. The minimum Gasteiger partial charge on any atom is -0.473 e. The number of anilines is 1. The number of rotatable bonds is 12. The molecule has 0 aromatic heterocycles. The maximum atomic E-state index is 14.3. The molecular formula is C33H50N4O9. The molecule has 13 heteroatoms. The van der Waals surface area contributed by atoms with Gasteiger partial charge >= 0.3 is 12.1 Å². The average molecular weight is 647 g/mol. The van der Waals surface area contributed by atoms with E-state index in [4.69, 9.17) is 18.9 Å². The van der Waals surface area contributed by atoms with Gasteiger partial charge in [0.1, 0.15) is 5.75 Å². The standard InChI is InChI=1S/C33H50N4O9/c1-10-28(38)34-13-15-36-26-17-25(22(6)16-27(26)46-33(8,19-43-9)31(36)41)29(39)37(21(4)5)24-12-11-14-35(18-24)32(42)45-23(7)44-30(40)20(2)3/h16-17,20-21,23-24H,10-15,18-19H2,1-9H3,(H,34,38)/t23?,24-,33+/m1/s1. The Hall–Kier alpha value is -3.87. The summed E-state index contributed by atoms with van der Waals surface area (Å²) in [4.78, 5) is 69.7. The largest absolute Gasteiger partial charge is 0.473 e. The lowest BCUT2D eigenvalue weighted by Crippen LogP contribution is -2.58. The normalized spacial score (nSPS) is 20.2. The van der Waals surface area contributed by atoms with Crippen LogP contribution in [-0.2, 0) is 28.6 Å². The molecule has 1 aromatic carbocycles. The Morgan fingerprint density at radius 2 is 1.83 bits per heavy atom. The molecule has 1 fully saturated rings. The van der Waals surface area contributed by atoms with Gasteiger partial charge in [-0.2, -0.15) is 0 Å². The van der Waals surface area contributed by atoms with Crippen molar-refractivity contribution in [1.82, 2.24) is 15.1 Å². The van der Waals surface area contributed by atoms with Crippen LogP contribution < -0.4 is 15.0 Å². The van der Waals surface area contributed by atoms with E-state index in [9.17, 15) is 24.0 Å². The van der Waals surface area contributed by atoms with Crippen molar-refractivity contribution in [1.29, 1.82) is 0 Å². The summed E-state index contributed by atoms with van der Waals surface area (Å²) in [6.07, 6.45) is -0.0144. The van der Waals surface area contributed by atoms with Crippen molar-refractivity contribution < 1.29 is 42.9 Å². The molecule has 2 aliphatic heterocycles. The van der Waals surface area contributed by atoms with E-state index in [1.807, 2.05) is 20.8 Å². The lowest BCUT2D eigenvalue weighted by atomic mass is 9.97. The van der Waals surface area contributed by atoms with E-state index >= 15 is 0 Å². The summed E-state index contributed by atoms with van der Waals surface area (Å²) < 4.78 is 22.1. The number of hydrogen-bond acceptors (Lipinski definition) is 9. The Morgan fingerprint density at radius 1 is 1.13 bits per heavy atom. The zero-order valence-corrected chi connectivity index (χ0v) is 28.6. The van der Waals surface area contributed by atoms with Crippen molar-refractivity contribution in [2.24, 2.45) is 5.92 Å². The maximum Gasteiger partial charge on any atom is 0.412 e. The van der Waals surface area contributed by atoms with Gasteiger partial charge in [-0.05, 0) is 58.2 Å². The Balaban J connectivity index is 1.88. The maximum absolute atomic E-state index is 14.3. The van der Waals surface area contributed by atoms with E-state index < -0.39 is 24.0 Å². The first kappa shape index (κ1) is 36.6. The summed E-state index contributed by atoms with van der Waals surface area (Å²) >= 11 is 0. The second-order valence-electron chi connectivity index (χ2n) is 12.7. The molecule has 4 amide bonds. The van der Waals surface area contributed by atoms with E-state index in [2.05, 4.69) is 5.32 Å². The number of aryl methyl sites for hydroxylation is 1. The fraction of sp³-hybridized carbons (Fsp3) is 0.667. The number of carbonyl (C=O) groups excluding carboxylic acids is 5. The van der Waals surface area contributed by atoms with E-state index in [0.717, 1.165) is 0 Å². The third kappa shape index (κ3) is 8.48. The second kappa shape index (κ2) is 15.6. The Bertz CT molecular complexity index is 1300. The molecule has 1 saturated heterocycles. The molecule has 0 spiro atoms. The number of piperidine rings is 1. The van der Waals surface area contributed by atoms with E-state index in [-0.39, 0.29) is 62.0 Å². The zero-order valence-electron chi connectivity index (χ0n) is 28.6. The van der Waals surface area contributed by atoms with Crippen LogP contribution in [0.15, 0.2) is 12.1 Å². The number of carbonyl (C=O) groups is 5. The summed E-state index contributed by atoms with van der Waals surface area (Å²) in [5.41, 5.74) is 0.204. The SMILES string of the molecule is CCC(=O)NCCN1C(=O)[C@](C)(COC)Oc2cc(C)c(C(=O)N(C(C)C)[C@@H]3CCCN(C(=O)OC(C)OC(=O)C(C)C)C3)cc21. The molecule has 1 aromatic rings. The molecule has 0 bridgehead atoms. The number of nitrogens with zero attached hydrogens (tertiary/aromatic N) is 3.